The summed E-state index contributed by atoms with van der Waals surface area (Å²) in [6, 6.07) is 22.0. The fraction of sp³-hybridized carbons (Fsp3) is 0.185. The van der Waals surface area contributed by atoms with E-state index in [1.807, 2.05) is 68.4 Å². The van der Waals surface area contributed by atoms with Crippen LogP contribution in [-0.4, -0.2) is 32.2 Å². The Morgan fingerprint density at radius 1 is 0.943 bits per heavy atom. The van der Waals surface area contributed by atoms with E-state index in [-0.39, 0.29) is 18.8 Å². The van der Waals surface area contributed by atoms with Crippen molar-refractivity contribution < 1.29 is 4.79 Å². The first kappa shape index (κ1) is 24.2. The van der Waals surface area contributed by atoms with Crippen LogP contribution in [0.3, 0.4) is 0 Å². The van der Waals surface area contributed by atoms with E-state index in [4.69, 9.17) is 11.6 Å². The van der Waals surface area contributed by atoms with Crippen molar-refractivity contribution in [3.8, 4) is 5.69 Å². The van der Waals surface area contributed by atoms with Gasteiger partial charge in [-0.1, -0.05) is 77.8 Å². The van der Waals surface area contributed by atoms with E-state index in [0.717, 1.165) is 31.5 Å². The molecule has 1 heterocycles. The molecular weight excluding hydrogens is 464 g/mol. The summed E-state index contributed by atoms with van der Waals surface area (Å²) in [5, 5.41) is 4.66. The summed E-state index contributed by atoms with van der Waals surface area (Å²) in [5.41, 5.74) is 2.12. The van der Waals surface area contributed by atoms with Gasteiger partial charge in [0.2, 0.25) is 5.69 Å². The van der Waals surface area contributed by atoms with Gasteiger partial charge in [-0.3, -0.25) is 14.2 Å². The van der Waals surface area contributed by atoms with Crippen LogP contribution in [0.1, 0.15) is 32.7 Å². The number of aromatic nitrogens is 3. The third-order valence-electron chi connectivity index (χ3n) is 5.69. The lowest BCUT2D eigenvalue weighted by Gasteiger charge is -2.18. The molecule has 8 heteroatoms. The number of nitrogens with zero attached hydrogens (tertiary/aromatic N) is 4. The van der Waals surface area contributed by atoms with Crippen molar-refractivity contribution in [1.82, 2.24) is 19.2 Å². The third-order valence-corrected chi connectivity index (χ3v) is 6.10. The molecule has 35 heavy (non-hydrogen) atoms. The minimum absolute atomic E-state index is 0.00411. The number of rotatable bonds is 6. The SMILES string of the molecule is Cc1cccc(Cn2c(=O)c(C(=O)N(C)Cc3ccccc3)nn(-c3ccc(C)c(Cl)c3)c2=O)c1. The molecule has 0 N–H and O–H groups in total. The van der Waals surface area contributed by atoms with Gasteiger partial charge in [-0.2, -0.15) is 9.78 Å². The van der Waals surface area contributed by atoms with Gasteiger partial charge in [-0.15, -0.1) is 0 Å². The minimum atomic E-state index is -0.740. The van der Waals surface area contributed by atoms with Crippen molar-refractivity contribution in [2.45, 2.75) is 26.9 Å². The average molecular weight is 489 g/mol. The van der Waals surface area contributed by atoms with Crippen LogP contribution in [0.2, 0.25) is 5.02 Å². The highest BCUT2D eigenvalue weighted by atomic mass is 35.5. The van der Waals surface area contributed by atoms with Crippen molar-refractivity contribution in [2.75, 3.05) is 7.05 Å². The number of hydrogen-bond donors (Lipinski definition) is 0. The molecule has 3 aromatic carbocycles. The second kappa shape index (κ2) is 10.1. The first-order valence-electron chi connectivity index (χ1n) is 11.1. The van der Waals surface area contributed by atoms with Gasteiger partial charge >= 0.3 is 5.69 Å². The minimum Gasteiger partial charge on any atom is -0.336 e. The average Bonchev–Trinajstić information content (AvgIpc) is 2.84. The van der Waals surface area contributed by atoms with Gasteiger partial charge in [0.15, 0.2) is 0 Å². The zero-order chi connectivity index (χ0) is 25.1. The Kier molecular flexibility index (Phi) is 6.98. The highest BCUT2D eigenvalue weighted by Crippen LogP contribution is 2.18. The maximum absolute atomic E-state index is 13.4. The number of carbonyl (C=O) groups excluding carboxylic acids is 1. The number of hydrogen-bond acceptors (Lipinski definition) is 4. The monoisotopic (exact) mass is 488 g/mol. The standard InChI is InChI=1S/C27H25ClN4O3/c1-18-8-7-11-21(14-18)17-31-26(34)24(25(33)30(3)16-20-9-5-4-6-10-20)29-32(27(31)35)22-13-12-19(2)23(28)15-22/h4-15H,16-17H2,1-3H3. The zero-order valence-electron chi connectivity index (χ0n) is 19.7. The Labute approximate surface area is 207 Å². The molecule has 1 aromatic heterocycles. The lowest BCUT2D eigenvalue weighted by atomic mass is 10.1. The van der Waals surface area contributed by atoms with Crippen LogP contribution in [-0.2, 0) is 13.1 Å². The van der Waals surface area contributed by atoms with Crippen molar-refractivity contribution in [3.63, 3.8) is 0 Å². The number of carbonyl (C=O) groups is 1. The smallest absolute Gasteiger partial charge is 0.336 e. The van der Waals surface area contributed by atoms with E-state index in [9.17, 15) is 14.4 Å². The molecule has 0 saturated carbocycles. The zero-order valence-corrected chi connectivity index (χ0v) is 20.5. The van der Waals surface area contributed by atoms with Gasteiger partial charge in [0.05, 0.1) is 12.2 Å². The van der Waals surface area contributed by atoms with Crippen LogP contribution in [0.25, 0.3) is 5.69 Å². The van der Waals surface area contributed by atoms with Crippen LogP contribution in [0.15, 0.2) is 82.4 Å². The molecule has 0 saturated heterocycles. The summed E-state index contributed by atoms with van der Waals surface area (Å²) >= 11 is 6.29. The Morgan fingerprint density at radius 3 is 2.34 bits per heavy atom. The van der Waals surface area contributed by atoms with E-state index in [0.29, 0.717) is 10.7 Å². The maximum atomic E-state index is 13.4. The van der Waals surface area contributed by atoms with E-state index in [1.54, 1.807) is 25.2 Å². The van der Waals surface area contributed by atoms with Gasteiger partial charge in [-0.05, 0) is 42.7 Å². The summed E-state index contributed by atoms with van der Waals surface area (Å²) in [6.45, 7) is 4.06. The van der Waals surface area contributed by atoms with Crippen LogP contribution >= 0.6 is 11.6 Å². The highest BCUT2D eigenvalue weighted by molar-refractivity contribution is 6.31. The molecule has 178 valence electrons. The van der Waals surface area contributed by atoms with Crippen LogP contribution in [0.5, 0.6) is 0 Å². The number of aryl methyl sites for hydroxylation is 2. The Bertz CT molecular complexity index is 1510. The van der Waals surface area contributed by atoms with E-state index >= 15 is 0 Å². The summed E-state index contributed by atoms with van der Waals surface area (Å²) < 4.78 is 2.10. The van der Waals surface area contributed by atoms with Crippen molar-refractivity contribution >= 4 is 17.5 Å². The summed E-state index contributed by atoms with van der Waals surface area (Å²) in [5.74, 6) is -0.580. The van der Waals surface area contributed by atoms with Gasteiger partial charge in [0.25, 0.3) is 11.5 Å². The summed E-state index contributed by atoms with van der Waals surface area (Å²) in [6.07, 6.45) is 0. The second-order valence-electron chi connectivity index (χ2n) is 8.50. The molecule has 0 radical (unpaired) electrons. The molecule has 4 rings (SSSR count). The summed E-state index contributed by atoms with van der Waals surface area (Å²) in [4.78, 5) is 41.6. The third kappa shape index (κ3) is 5.25. The number of benzene rings is 3. The Hall–Kier alpha value is -3.97. The van der Waals surface area contributed by atoms with Gasteiger partial charge < -0.3 is 4.90 Å². The van der Waals surface area contributed by atoms with Gasteiger partial charge in [0, 0.05) is 18.6 Å². The molecule has 0 bridgehead atoms. The van der Waals surface area contributed by atoms with Gasteiger partial charge in [0.1, 0.15) is 0 Å². The molecule has 0 aliphatic carbocycles. The van der Waals surface area contributed by atoms with Crippen LogP contribution in [0, 0.1) is 13.8 Å². The molecule has 0 unspecified atom stereocenters. The molecule has 0 fully saturated rings. The van der Waals surface area contributed by atoms with Crippen LogP contribution < -0.4 is 11.2 Å². The van der Waals surface area contributed by atoms with E-state index < -0.39 is 17.2 Å². The predicted molar refractivity (Wildman–Crippen MR) is 136 cm³/mol. The molecule has 4 aromatic rings. The predicted octanol–water partition coefficient (Wildman–Crippen LogP) is 3.98. The molecule has 0 aliphatic rings. The molecule has 0 aliphatic heterocycles. The lowest BCUT2D eigenvalue weighted by molar-refractivity contribution is 0.0773. The second-order valence-corrected chi connectivity index (χ2v) is 8.91. The molecule has 0 spiro atoms. The molecular formula is C27H25ClN4O3. The molecule has 1 amide bonds. The molecule has 7 nitrogen and oxygen atoms in total. The Balaban J connectivity index is 1.84. The normalized spacial score (nSPS) is 10.9. The van der Waals surface area contributed by atoms with E-state index in [1.165, 1.54) is 4.90 Å². The quantitative estimate of drug-likeness (QED) is 0.411. The first-order chi connectivity index (χ1) is 16.7. The highest BCUT2D eigenvalue weighted by Gasteiger charge is 2.23. The van der Waals surface area contributed by atoms with Crippen molar-refractivity contribution in [3.05, 3.63) is 127 Å². The van der Waals surface area contributed by atoms with Gasteiger partial charge in [-0.25, -0.2) is 4.79 Å². The fourth-order valence-electron chi connectivity index (χ4n) is 3.77. The maximum Gasteiger partial charge on any atom is 0.352 e. The van der Waals surface area contributed by atoms with E-state index in [2.05, 4.69) is 5.10 Å². The number of amides is 1. The first-order valence-corrected chi connectivity index (χ1v) is 11.5. The van der Waals surface area contributed by atoms with Crippen LogP contribution in [0.4, 0.5) is 0 Å². The largest absolute Gasteiger partial charge is 0.352 e. The van der Waals surface area contributed by atoms with Crippen molar-refractivity contribution in [1.29, 1.82) is 0 Å². The molecule has 0 atom stereocenters. The topological polar surface area (TPSA) is 77.2 Å². The summed E-state index contributed by atoms with van der Waals surface area (Å²) in [7, 11) is 1.60. The van der Waals surface area contributed by atoms with Crippen molar-refractivity contribution in [2.24, 2.45) is 0 Å². The lowest BCUT2D eigenvalue weighted by Crippen LogP contribution is -2.46. The Morgan fingerprint density at radius 2 is 1.66 bits per heavy atom. The fourth-order valence-corrected chi connectivity index (χ4v) is 3.95. The number of halogens is 1.